The Balaban J connectivity index is 1.36. The Kier molecular flexibility index (Phi) is 4.31. The number of benzene rings is 2. The zero-order valence-corrected chi connectivity index (χ0v) is 15.3. The molecule has 0 spiro atoms. The molecule has 5 rings (SSSR count). The Morgan fingerprint density at radius 1 is 0.793 bits per heavy atom. The van der Waals surface area contributed by atoms with E-state index in [-0.39, 0.29) is 0 Å². The van der Waals surface area contributed by atoms with E-state index in [2.05, 4.69) is 30.6 Å². The number of nitrogens with zero attached hydrogens (tertiary/aromatic N) is 4. The maximum Gasteiger partial charge on any atom is 0.229 e. The summed E-state index contributed by atoms with van der Waals surface area (Å²) in [7, 11) is 0. The number of fused-ring (bicyclic) bond motifs is 1. The van der Waals surface area contributed by atoms with Crippen molar-refractivity contribution in [1.82, 2.24) is 19.9 Å². The van der Waals surface area contributed by atoms with E-state index >= 15 is 0 Å². The first-order valence-electron chi connectivity index (χ1n) is 9.04. The normalized spacial score (nSPS) is 10.8. The van der Waals surface area contributed by atoms with Crippen LogP contribution < -0.4 is 10.6 Å². The Bertz CT molecular complexity index is 1270. The number of rotatable bonds is 5. The summed E-state index contributed by atoms with van der Waals surface area (Å²) in [6, 6.07) is 19.6. The van der Waals surface area contributed by atoms with Crippen LogP contribution >= 0.6 is 0 Å². The van der Waals surface area contributed by atoms with Crippen LogP contribution in [0, 0.1) is 0 Å². The highest BCUT2D eigenvalue weighted by Gasteiger charge is 2.05. The highest BCUT2D eigenvalue weighted by atomic mass is 16.3. The summed E-state index contributed by atoms with van der Waals surface area (Å²) >= 11 is 0. The van der Waals surface area contributed by atoms with Gasteiger partial charge in [-0.05, 0) is 30.3 Å². The van der Waals surface area contributed by atoms with Gasteiger partial charge >= 0.3 is 0 Å². The lowest BCUT2D eigenvalue weighted by Gasteiger charge is -2.09. The second-order valence-corrected chi connectivity index (χ2v) is 6.38. The van der Waals surface area contributed by atoms with Gasteiger partial charge in [0.15, 0.2) is 12.2 Å². The molecule has 0 saturated carbocycles. The molecule has 0 aliphatic carbocycles. The maximum absolute atomic E-state index is 5.35. The van der Waals surface area contributed by atoms with E-state index < -0.39 is 0 Å². The van der Waals surface area contributed by atoms with Crippen molar-refractivity contribution >= 4 is 34.0 Å². The van der Waals surface area contributed by atoms with Crippen LogP contribution in [0.15, 0.2) is 90.1 Å². The van der Waals surface area contributed by atoms with Gasteiger partial charge < -0.3 is 15.1 Å². The quantitative estimate of drug-likeness (QED) is 0.435. The minimum Gasteiger partial charge on any atom is -0.444 e. The third kappa shape index (κ3) is 3.74. The molecule has 5 aromatic rings. The highest BCUT2D eigenvalue weighted by molar-refractivity contribution is 5.82. The molecule has 0 radical (unpaired) electrons. The van der Waals surface area contributed by atoms with Crippen molar-refractivity contribution in [2.45, 2.75) is 0 Å². The van der Waals surface area contributed by atoms with Gasteiger partial charge in [0.1, 0.15) is 5.82 Å². The van der Waals surface area contributed by atoms with E-state index in [9.17, 15) is 0 Å². The topological polar surface area (TPSA) is 88.8 Å². The molecule has 7 nitrogen and oxygen atoms in total. The largest absolute Gasteiger partial charge is 0.444 e. The highest BCUT2D eigenvalue weighted by Crippen LogP contribution is 2.24. The molecule has 0 atom stereocenters. The Morgan fingerprint density at radius 3 is 2.69 bits per heavy atom. The molecule has 0 amide bonds. The van der Waals surface area contributed by atoms with Gasteiger partial charge in [-0.3, -0.25) is 4.98 Å². The smallest absolute Gasteiger partial charge is 0.229 e. The molecule has 29 heavy (non-hydrogen) atoms. The number of pyridine rings is 1. The number of para-hydroxylation sites is 1. The third-order valence-electron chi connectivity index (χ3n) is 4.35. The Labute approximate surface area is 166 Å². The van der Waals surface area contributed by atoms with Crippen molar-refractivity contribution in [3.8, 4) is 11.3 Å². The number of oxazole rings is 1. The van der Waals surface area contributed by atoms with Crippen LogP contribution in [0.25, 0.3) is 22.2 Å². The fraction of sp³-hybridized carbons (Fsp3) is 0. The summed E-state index contributed by atoms with van der Waals surface area (Å²) in [6.45, 7) is 0. The first-order valence-corrected chi connectivity index (χ1v) is 9.04. The van der Waals surface area contributed by atoms with Gasteiger partial charge in [0.25, 0.3) is 0 Å². The van der Waals surface area contributed by atoms with Crippen molar-refractivity contribution in [2.24, 2.45) is 0 Å². The molecule has 140 valence electrons. The van der Waals surface area contributed by atoms with Crippen molar-refractivity contribution in [3.63, 3.8) is 0 Å². The van der Waals surface area contributed by atoms with Crippen LogP contribution in [0.3, 0.4) is 0 Å². The average Bonchev–Trinajstić information content (AvgIpc) is 3.29. The first kappa shape index (κ1) is 16.9. The van der Waals surface area contributed by atoms with Gasteiger partial charge in [0.2, 0.25) is 5.95 Å². The number of hydrogen-bond acceptors (Lipinski definition) is 7. The number of hydrogen-bond donors (Lipinski definition) is 2. The van der Waals surface area contributed by atoms with Crippen LogP contribution in [-0.2, 0) is 0 Å². The van der Waals surface area contributed by atoms with Gasteiger partial charge in [-0.2, -0.15) is 4.98 Å². The van der Waals surface area contributed by atoms with Crippen LogP contribution in [0.1, 0.15) is 0 Å². The molecule has 3 aromatic heterocycles. The first-order chi connectivity index (χ1) is 14.3. The van der Waals surface area contributed by atoms with Gasteiger partial charge in [-0.25, -0.2) is 9.97 Å². The molecule has 0 bridgehead atoms. The standard InChI is InChI=1S/C22H16N6O/c1-2-7-19-15(4-1)10-18(12-25-19)26-21-8-9-24-22(28-21)27-17-6-3-5-16(11-17)20-13-23-14-29-20/h1-14H,(H2,24,26,27,28). The minimum absolute atomic E-state index is 0.485. The lowest BCUT2D eigenvalue weighted by Crippen LogP contribution is -2.00. The fourth-order valence-corrected chi connectivity index (χ4v) is 3.01. The summed E-state index contributed by atoms with van der Waals surface area (Å²) in [6.07, 6.45) is 6.58. The van der Waals surface area contributed by atoms with E-state index in [0.29, 0.717) is 17.5 Å². The zero-order valence-electron chi connectivity index (χ0n) is 15.3. The van der Waals surface area contributed by atoms with Crippen LogP contribution in [0.2, 0.25) is 0 Å². The van der Waals surface area contributed by atoms with Crippen LogP contribution in [0.4, 0.5) is 23.1 Å². The maximum atomic E-state index is 5.35. The van der Waals surface area contributed by atoms with E-state index in [1.165, 1.54) is 6.39 Å². The van der Waals surface area contributed by atoms with Gasteiger partial charge in [0, 0.05) is 22.8 Å². The second kappa shape index (κ2) is 7.40. The SMILES string of the molecule is c1cc(Nc2nccc(Nc3cnc4ccccc4c3)n2)cc(-c2cnco2)c1. The molecule has 0 saturated heterocycles. The summed E-state index contributed by atoms with van der Waals surface area (Å²) in [5.41, 5.74) is 3.59. The van der Waals surface area contributed by atoms with E-state index in [1.54, 1.807) is 18.6 Å². The summed E-state index contributed by atoms with van der Waals surface area (Å²) in [5, 5.41) is 7.57. The van der Waals surface area contributed by atoms with Crippen molar-refractivity contribution in [3.05, 3.63) is 85.6 Å². The molecular formula is C22H16N6O. The predicted octanol–water partition coefficient (Wildman–Crippen LogP) is 5.17. The monoisotopic (exact) mass is 380 g/mol. The lowest BCUT2D eigenvalue weighted by atomic mass is 10.1. The average molecular weight is 380 g/mol. The summed E-state index contributed by atoms with van der Waals surface area (Å²) < 4.78 is 5.35. The van der Waals surface area contributed by atoms with Crippen molar-refractivity contribution < 1.29 is 4.42 Å². The summed E-state index contributed by atoms with van der Waals surface area (Å²) in [5.74, 6) is 1.86. The number of anilines is 4. The van der Waals surface area contributed by atoms with E-state index in [4.69, 9.17) is 4.42 Å². The van der Waals surface area contributed by atoms with Gasteiger partial charge in [0.05, 0.1) is 23.6 Å². The molecular weight excluding hydrogens is 364 g/mol. The molecule has 0 fully saturated rings. The van der Waals surface area contributed by atoms with Gasteiger partial charge in [-0.1, -0.05) is 30.3 Å². The minimum atomic E-state index is 0.485. The van der Waals surface area contributed by atoms with Crippen molar-refractivity contribution in [2.75, 3.05) is 10.6 Å². The number of aromatic nitrogens is 4. The predicted molar refractivity (Wildman–Crippen MR) is 112 cm³/mol. The molecule has 7 heteroatoms. The molecule has 0 aliphatic rings. The van der Waals surface area contributed by atoms with E-state index in [1.807, 2.05) is 60.7 Å². The molecule has 0 unspecified atom stereocenters. The molecule has 2 aromatic carbocycles. The van der Waals surface area contributed by atoms with Gasteiger partial charge in [-0.15, -0.1) is 0 Å². The van der Waals surface area contributed by atoms with E-state index in [0.717, 1.165) is 27.8 Å². The Morgan fingerprint density at radius 2 is 1.76 bits per heavy atom. The molecule has 2 N–H and O–H groups in total. The lowest BCUT2D eigenvalue weighted by molar-refractivity contribution is 0.572. The van der Waals surface area contributed by atoms with Crippen LogP contribution in [0.5, 0.6) is 0 Å². The fourth-order valence-electron chi connectivity index (χ4n) is 3.01. The van der Waals surface area contributed by atoms with Crippen molar-refractivity contribution in [1.29, 1.82) is 0 Å². The molecule has 3 heterocycles. The molecule has 0 aliphatic heterocycles. The second-order valence-electron chi connectivity index (χ2n) is 6.38. The summed E-state index contributed by atoms with van der Waals surface area (Å²) in [4.78, 5) is 17.3. The Hall–Kier alpha value is -4.26. The third-order valence-corrected chi connectivity index (χ3v) is 4.35. The van der Waals surface area contributed by atoms with Crippen LogP contribution in [-0.4, -0.2) is 19.9 Å². The number of nitrogens with one attached hydrogen (secondary N) is 2. The zero-order chi connectivity index (χ0) is 19.5.